The maximum Gasteiger partial charge on any atom is 0.322 e. The van der Waals surface area contributed by atoms with Crippen LogP contribution in [0, 0.1) is 0 Å². The summed E-state index contributed by atoms with van der Waals surface area (Å²) >= 11 is 3.40. The van der Waals surface area contributed by atoms with E-state index < -0.39 is 0 Å². The first-order valence-electron chi connectivity index (χ1n) is 5.89. The van der Waals surface area contributed by atoms with E-state index in [0.29, 0.717) is 13.2 Å². The van der Waals surface area contributed by atoms with Crippen LogP contribution < -0.4 is 15.0 Å². The summed E-state index contributed by atoms with van der Waals surface area (Å²) in [6.45, 7) is 6.98. The molecular formula is C13H17BrN2O2. The normalized spacial score (nSPS) is 14.8. The van der Waals surface area contributed by atoms with Crippen LogP contribution >= 0.6 is 15.9 Å². The number of carbonyl (C=O) groups is 1. The second-order valence-corrected chi connectivity index (χ2v) is 6.21. The number of ether oxygens (including phenoxy) is 1. The molecule has 0 bridgehead atoms. The van der Waals surface area contributed by atoms with Gasteiger partial charge in [0.15, 0.2) is 0 Å². The number of hydrogen-bond donors (Lipinski definition) is 1. The van der Waals surface area contributed by atoms with Crippen LogP contribution in [-0.4, -0.2) is 24.7 Å². The minimum absolute atomic E-state index is 0.0885. The van der Waals surface area contributed by atoms with Crippen molar-refractivity contribution >= 4 is 27.6 Å². The van der Waals surface area contributed by atoms with E-state index in [0.717, 1.165) is 15.9 Å². The molecule has 0 atom stereocenters. The van der Waals surface area contributed by atoms with Gasteiger partial charge in [0.1, 0.15) is 12.4 Å². The van der Waals surface area contributed by atoms with Crippen LogP contribution in [0.4, 0.5) is 10.5 Å². The molecule has 1 heterocycles. The van der Waals surface area contributed by atoms with E-state index in [2.05, 4.69) is 21.2 Å². The van der Waals surface area contributed by atoms with Gasteiger partial charge in [-0.2, -0.15) is 0 Å². The number of fused-ring (bicyclic) bond motifs is 1. The van der Waals surface area contributed by atoms with Crippen LogP contribution in [0.5, 0.6) is 5.75 Å². The molecule has 1 N–H and O–H groups in total. The fraction of sp³-hybridized carbons (Fsp3) is 0.462. The second-order valence-electron chi connectivity index (χ2n) is 5.29. The SMILES string of the molecule is CC(C)(C)NC(=O)N1CCOc2cc(Br)ccc21. The number of hydrogen-bond acceptors (Lipinski definition) is 2. The third kappa shape index (κ3) is 2.96. The summed E-state index contributed by atoms with van der Waals surface area (Å²) in [6, 6.07) is 5.59. The Morgan fingerprint density at radius 1 is 1.44 bits per heavy atom. The highest BCUT2D eigenvalue weighted by Crippen LogP contribution is 2.34. The maximum absolute atomic E-state index is 12.2. The van der Waals surface area contributed by atoms with E-state index in [1.807, 2.05) is 39.0 Å². The molecule has 0 saturated carbocycles. The standard InChI is InChI=1S/C13H17BrN2O2/c1-13(2,3)15-12(17)16-6-7-18-11-8-9(14)4-5-10(11)16/h4-5,8H,6-7H2,1-3H3,(H,15,17). The van der Waals surface area contributed by atoms with Crippen molar-refractivity contribution in [2.24, 2.45) is 0 Å². The Bertz CT molecular complexity index is 469. The van der Waals surface area contributed by atoms with Gasteiger partial charge < -0.3 is 10.1 Å². The Balaban J connectivity index is 2.25. The molecule has 0 spiro atoms. The molecule has 4 nitrogen and oxygen atoms in total. The summed E-state index contributed by atoms with van der Waals surface area (Å²) in [5.74, 6) is 0.736. The largest absolute Gasteiger partial charge is 0.489 e. The van der Waals surface area contributed by atoms with Crippen LogP contribution in [0.25, 0.3) is 0 Å². The molecule has 98 valence electrons. The lowest BCUT2D eigenvalue weighted by atomic mass is 10.1. The molecule has 1 aromatic carbocycles. The van der Waals surface area contributed by atoms with Gasteiger partial charge in [0, 0.05) is 10.0 Å². The van der Waals surface area contributed by atoms with Crippen LogP contribution in [0.2, 0.25) is 0 Å². The van der Waals surface area contributed by atoms with Gasteiger partial charge in [0.05, 0.1) is 12.2 Å². The minimum Gasteiger partial charge on any atom is -0.489 e. The van der Waals surface area contributed by atoms with Crippen molar-refractivity contribution in [1.29, 1.82) is 0 Å². The first-order valence-corrected chi connectivity index (χ1v) is 6.68. The third-order valence-corrected chi connectivity index (χ3v) is 3.01. The van der Waals surface area contributed by atoms with E-state index in [9.17, 15) is 4.79 Å². The molecule has 0 aliphatic carbocycles. The lowest BCUT2D eigenvalue weighted by Gasteiger charge is -2.32. The van der Waals surface area contributed by atoms with Crippen molar-refractivity contribution in [3.8, 4) is 5.75 Å². The Morgan fingerprint density at radius 2 is 2.17 bits per heavy atom. The zero-order valence-electron chi connectivity index (χ0n) is 10.8. The van der Waals surface area contributed by atoms with Gasteiger partial charge in [0.25, 0.3) is 0 Å². The number of nitrogens with one attached hydrogen (secondary N) is 1. The number of rotatable bonds is 0. The molecule has 5 heteroatoms. The van der Waals surface area contributed by atoms with Gasteiger partial charge in [-0.15, -0.1) is 0 Å². The number of nitrogens with zero attached hydrogens (tertiary/aromatic N) is 1. The molecule has 1 aromatic rings. The highest BCUT2D eigenvalue weighted by Gasteiger charge is 2.26. The van der Waals surface area contributed by atoms with Crippen molar-refractivity contribution < 1.29 is 9.53 Å². The molecule has 0 aromatic heterocycles. The average molecular weight is 313 g/mol. The summed E-state index contributed by atoms with van der Waals surface area (Å²) in [6.07, 6.45) is 0. The van der Waals surface area contributed by atoms with Crippen molar-refractivity contribution in [3.05, 3.63) is 22.7 Å². The topological polar surface area (TPSA) is 41.6 Å². The van der Waals surface area contributed by atoms with Crippen molar-refractivity contribution in [1.82, 2.24) is 5.32 Å². The first-order chi connectivity index (χ1) is 8.37. The predicted molar refractivity (Wildman–Crippen MR) is 75.3 cm³/mol. The Labute approximate surface area is 115 Å². The molecule has 1 aliphatic rings. The fourth-order valence-electron chi connectivity index (χ4n) is 1.79. The van der Waals surface area contributed by atoms with Gasteiger partial charge in [-0.05, 0) is 39.0 Å². The van der Waals surface area contributed by atoms with Crippen LogP contribution in [-0.2, 0) is 0 Å². The van der Waals surface area contributed by atoms with E-state index in [1.54, 1.807) is 4.90 Å². The Hall–Kier alpha value is -1.23. The van der Waals surface area contributed by atoms with Gasteiger partial charge >= 0.3 is 6.03 Å². The molecular weight excluding hydrogens is 296 g/mol. The van der Waals surface area contributed by atoms with Gasteiger partial charge in [-0.1, -0.05) is 15.9 Å². The van der Waals surface area contributed by atoms with Crippen molar-refractivity contribution in [3.63, 3.8) is 0 Å². The molecule has 0 unspecified atom stereocenters. The first kappa shape index (κ1) is 13.2. The highest BCUT2D eigenvalue weighted by atomic mass is 79.9. The van der Waals surface area contributed by atoms with Gasteiger partial charge in [-0.25, -0.2) is 4.79 Å². The van der Waals surface area contributed by atoms with E-state index in [-0.39, 0.29) is 11.6 Å². The summed E-state index contributed by atoms with van der Waals surface area (Å²) in [7, 11) is 0. The van der Waals surface area contributed by atoms with E-state index >= 15 is 0 Å². The minimum atomic E-state index is -0.245. The van der Waals surface area contributed by atoms with Crippen LogP contribution in [0.3, 0.4) is 0 Å². The van der Waals surface area contributed by atoms with Crippen molar-refractivity contribution in [2.45, 2.75) is 26.3 Å². The highest BCUT2D eigenvalue weighted by molar-refractivity contribution is 9.10. The summed E-state index contributed by atoms with van der Waals surface area (Å²) in [4.78, 5) is 13.9. The number of urea groups is 1. The zero-order valence-corrected chi connectivity index (χ0v) is 12.4. The Morgan fingerprint density at radius 3 is 2.83 bits per heavy atom. The molecule has 0 fully saturated rings. The fourth-order valence-corrected chi connectivity index (χ4v) is 2.13. The van der Waals surface area contributed by atoms with Gasteiger partial charge in [0.2, 0.25) is 0 Å². The molecule has 2 rings (SSSR count). The van der Waals surface area contributed by atoms with E-state index in [1.165, 1.54) is 0 Å². The zero-order chi connectivity index (χ0) is 13.3. The Kier molecular flexibility index (Phi) is 3.52. The third-order valence-electron chi connectivity index (χ3n) is 2.51. The molecule has 0 saturated heterocycles. The quantitative estimate of drug-likeness (QED) is 0.799. The summed E-state index contributed by atoms with van der Waals surface area (Å²) < 4.78 is 6.51. The van der Waals surface area contributed by atoms with Gasteiger partial charge in [-0.3, -0.25) is 4.90 Å². The number of amides is 2. The number of halogens is 1. The average Bonchev–Trinajstić information content (AvgIpc) is 2.25. The van der Waals surface area contributed by atoms with Crippen LogP contribution in [0.1, 0.15) is 20.8 Å². The number of anilines is 1. The molecule has 2 amide bonds. The molecule has 0 radical (unpaired) electrons. The summed E-state index contributed by atoms with van der Waals surface area (Å²) in [5.41, 5.74) is 0.566. The lowest BCUT2D eigenvalue weighted by molar-refractivity contribution is 0.231. The molecule has 18 heavy (non-hydrogen) atoms. The second kappa shape index (κ2) is 4.80. The molecule has 1 aliphatic heterocycles. The smallest absolute Gasteiger partial charge is 0.322 e. The number of carbonyl (C=O) groups excluding carboxylic acids is 1. The number of benzene rings is 1. The monoisotopic (exact) mass is 312 g/mol. The van der Waals surface area contributed by atoms with Crippen LogP contribution in [0.15, 0.2) is 22.7 Å². The summed E-state index contributed by atoms with van der Waals surface area (Å²) in [5, 5.41) is 2.96. The van der Waals surface area contributed by atoms with E-state index in [4.69, 9.17) is 4.74 Å². The van der Waals surface area contributed by atoms with Crippen molar-refractivity contribution in [2.75, 3.05) is 18.1 Å². The maximum atomic E-state index is 12.2. The lowest BCUT2D eigenvalue weighted by Crippen LogP contribution is -2.50. The predicted octanol–water partition coefficient (Wildman–Crippen LogP) is 3.16.